The first-order chi connectivity index (χ1) is 9.43. The smallest absolute Gasteiger partial charge is 0.0244 e. The van der Waals surface area contributed by atoms with Gasteiger partial charge in [-0.25, -0.2) is 0 Å². The number of nitrogens with zero attached hydrogens (tertiary/aromatic N) is 1. The predicted molar refractivity (Wildman–Crippen MR) is 90.3 cm³/mol. The molecule has 0 aromatic rings. The van der Waals surface area contributed by atoms with Gasteiger partial charge in [-0.15, -0.1) is 0 Å². The van der Waals surface area contributed by atoms with Crippen molar-refractivity contribution >= 4 is 0 Å². The zero-order chi connectivity index (χ0) is 15.2. The minimum absolute atomic E-state index is 0.360. The third-order valence-corrected chi connectivity index (χ3v) is 4.96. The van der Waals surface area contributed by atoms with Gasteiger partial charge in [-0.05, 0) is 24.7 Å². The summed E-state index contributed by atoms with van der Waals surface area (Å²) in [5.74, 6) is 0. The molecule has 20 heavy (non-hydrogen) atoms. The zero-order valence-corrected chi connectivity index (χ0v) is 14.8. The molecular formula is C18H38N2. The van der Waals surface area contributed by atoms with Gasteiger partial charge in [0.25, 0.3) is 0 Å². The molecule has 0 bridgehead atoms. The summed E-state index contributed by atoms with van der Waals surface area (Å²) >= 11 is 0. The number of hydrogen-bond acceptors (Lipinski definition) is 2. The van der Waals surface area contributed by atoms with E-state index in [1.54, 1.807) is 0 Å². The maximum atomic E-state index is 3.80. The molecule has 2 nitrogen and oxygen atoms in total. The fourth-order valence-corrected chi connectivity index (χ4v) is 3.48. The quantitative estimate of drug-likeness (QED) is 0.742. The van der Waals surface area contributed by atoms with Crippen molar-refractivity contribution in [1.82, 2.24) is 10.2 Å². The van der Waals surface area contributed by atoms with Gasteiger partial charge in [0.2, 0.25) is 0 Å². The topological polar surface area (TPSA) is 15.3 Å². The van der Waals surface area contributed by atoms with Crippen LogP contribution in [0.4, 0.5) is 0 Å². The average molecular weight is 283 g/mol. The lowest BCUT2D eigenvalue weighted by Gasteiger charge is -2.48. The highest BCUT2D eigenvalue weighted by atomic mass is 15.3. The van der Waals surface area contributed by atoms with Crippen molar-refractivity contribution in [2.45, 2.75) is 98.2 Å². The number of rotatable bonds is 7. The minimum atomic E-state index is 0.360. The van der Waals surface area contributed by atoms with E-state index in [1.165, 1.54) is 51.6 Å². The molecule has 1 rings (SSSR count). The van der Waals surface area contributed by atoms with E-state index in [1.807, 2.05) is 0 Å². The number of piperazine rings is 1. The second-order valence-electron chi connectivity index (χ2n) is 7.67. The van der Waals surface area contributed by atoms with Gasteiger partial charge in [0.05, 0.1) is 0 Å². The Bertz CT molecular complexity index is 257. The summed E-state index contributed by atoms with van der Waals surface area (Å²) in [7, 11) is 0. The molecule has 0 amide bonds. The highest BCUT2D eigenvalue weighted by Crippen LogP contribution is 2.28. The molecule has 120 valence electrons. The van der Waals surface area contributed by atoms with Gasteiger partial charge in [0.1, 0.15) is 0 Å². The highest BCUT2D eigenvalue weighted by molar-refractivity contribution is 4.93. The van der Waals surface area contributed by atoms with Gasteiger partial charge in [-0.2, -0.15) is 0 Å². The lowest BCUT2D eigenvalue weighted by molar-refractivity contribution is 0.0399. The Morgan fingerprint density at radius 2 is 1.80 bits per heavy atom. The van der Waals surface area contributed by atoms with E-state index in [0.29, 0.717) is 11.5 Å². The molecule has 3 unspecified atom stereocenters. The van der Waals surface area contributed by atoms with Gasteiger partial charge in [-0.1, -0.05) is 60.8 Å². The molecule has 1 aliphatic heterocycles. The van der Waals surface area contributed by atoms with Crippen LogP contribution in [-0.4, -0.2) is 36.1 Å². The molecule has 0 radical (unpaired) electrons. The van der Waals surface area contributed by atoms with Crippen LogP contribution in [0.5, 0.6) is 0 Å². The molecule has 3 atom stereocenters. The molecule has 0 aromatic carbocycles. The molecule has 0 aliphatic carbocycles. The fraction of sp³-hybridized carbons (Fsp3) is 1.00. The van der Waals surface area contributed by atoms with Crippen molar-refractivity contribution in [2.24, 2.45) is 5.41 Å². The monoisotopic (exact) mass is 282 g/mol. The first-order valence-corrected chi connectivity index (χ1v) is 8.93. The van der Waals surface area contributed by atoms with Gasteiger partial charge < -0.3 is 5.32 Å². The fourth-order valence-electron chi connectivity index (χ4n) is 3.48. The van der Waals surface area contributed by atoms with Crippen LogP contribution in [0.3, 0.4) is 0 Å². The summed E-state index contributed by atoms with van der Waals surface area (Å²) < 4.78 is 0. The van der Waals surface area contributed by atoms with Crippen molar-refractivity contribution < 1.29 is 0 Å². The van der Waals surface area contributed by atoms with Crippen molar-refractivity contribution in [1.29, 1.82) is 0 Å². The second-order valence-corrected chi connectivity index (χ2v) is 7.67. The van der Waals surface area contributed by atoms with E-state index < -0.39 is 0 Å². The lowest BCUT2D eigenvalue weighted by Crippen LogP contribution is -2.62. The maximum absolute atomic E-state index is 3.80. The Kier molecular flexibility index (Phi) is 7.53. The minimum Gasteiger partial charge on any atom is -0.311 e. The standard InChI is InChI=1S/C18H38N2/c1-7-10-12-16(11-8-2)20-14-17(18(4,5)6)19-13-15(20)9-3/h15-17,19H,7-14H2,1-6H3. The van der Waals surface area contributed by atoms with Gasteiger partial charge in [-0.3, -0.25) is 4.90 Å². The third-order valence-electron chi connectivity index (χ3n) is 4.96. The van der Waals surface area contributed by atoms with E-state index in [4.69, 9.17) is 0 Å². The summed E-state index contributed by atoms with van der Waals surface area (Å²) in [6.45, 7) is 16.5. The molecule has 1 saturated heterocycles. The summed E-state index contributed by atoms with van der Waals surface area (Å²) in [5.41, 5.74) is 0.360. The SMILES string of the molecule is CCCCC(CCC)N1CC(C(C)(C)C)NCC1CC. The molecule has 0 saturated carbocycles. The van der Waals surface area contributed by atoms with Crippen LogP contribution in [-0.2, 0) is 0 Å². The Hall–Kier alpha value is -0.0800. The van der Waals surface area contributed by atoms with Crippen molar-refractivity contribution in [2.75, 3.05) is 13.1 Å². The van der Waals surface area contributed by atoms with Crippen LogP contribution < -0.4 is 5.32 Å². The molecule has 0 spiro atoms. The van der Waals surface area contributed by atoms with Crippen molar-refractivity contribution in [3.63, 3.8) is 0 Å². The molecule has 0 aromatic heterocycles. The zero-order valence-electron chi connectivity index (χ0n) is 14.8. The molecule has 1 heterocycles. The van der Waals surface area contributed by atoms with Crippen LogP contribution in [0.15, 0.2) is 0 Å². The lowest BCUT2D eigenvalue weighted by atomic mass is 9.83. The number of nitrogens with one attached hydrogen (secondary N) is 1. The van der Waals surface area contributed by atoms with Gasteiger partial charge >= 0.3 is 0 Å². The predicted octanol–water partition coefficient (Wildman–Crippen LogP) is 4.44. The van der Waals surface area contributed by atoms with Crippen LogP contribution in [0, 0.1) is 5.41 Å². The molecule has 2 heteroatoms. The highest BCUT2D eigenvalue weighted by Gasteiger charge is 2.35. The summed E-state index contributed by atoms with van der Waals surface area (Å²) in [5, 5.41) is 3.80. The Morgan fingerprint density at radius 3 is 2.30 bits per heavy atom. The molecule has 1 fully saturated rings. The summed E-state index contributed by atoms with van der Waals surface area (Å²) in [4.78, 5) is 2.85. The van der Waals surface area contributed by atoms with E-state index >= 15 is 0 Å². The van der Waals surface area contributed by atoms with E-state index in [9.17, 15) is 0 Å². The second kappa shape index (κ2) is 8.38. The van der Waals surface area contributed by atoms with Gasteiger partial charge in [0, 0.05) is 31.2 Å². The van der Waals surface area contributed by atoms with E-state index in [-0.39, 0.29) is 0 Å². The Labute approximate surface area is 127 Å². The first kappa shape index (κ1) is 18.0. The molecule has 1 N–H and O–H groups in total. The van der Waals surface area contributed by atoms with Crippen LogP contribution in [0.1, 0.15) is 80.1 Å². The van der Waals surface area contributed by atoms with E-state index in [2.05, 4.69) is 51.8 Å². The van der Waals surface area contributed by atoms with Gasteiger partial charge in [0.15, 0.2) is 0 Å². The molecule has 1 aliphatic rings. The largest absolute Gasteiger partial charge is 0.311 e. The number of unbranched alkanes of at least 4 members (excludes halogenated alkanes) is 1. The number of hydrogen-bond donors (Lipinski definition) is 1. The first-order valence-electron chi connectivity index (χ1n) is 8.93. The summed E-state index contributed by atoms with van der Waals surface area (Å²) in [6.07, 6.45) is 8.05. The van der Waals surface area contributed by atoms with Crippen LogP contribution in [0.2, 0.25) is 0 Å². The summed E-state index contributed by atoms with van der Waals surface area (Å²) in [6, 6.07) is 2.17. The Balaban J connectivity index is 2.76. The molecular weight excluding hydrogens is 244 g/mol. The third kappa shape index (κ3) is 5.04. The normalized spacial score (nSPS) is 26.7. The maximum Gasteiger partial charge on any atom is 0.0244 e. The Morgan fingerprint density at radius 1 is 1.10 bits per heavy atom. The van der Waals surface area contributed by atoms with Crippen molar-refractivity contribution in [3.05, 3.63) is 0 Å². The van der Waals surface area contributed by atoms with E-state index in [0.717, 1.165) is 12.1 Å². The van der Waals surface area contributed by atoms with Crippen LogP contribution >= 0.6 is 0 Å². The van der Waals surface area contributed by atoms with Crippen molar-refractivity contribution in [3.8, 4) is 0 Å². The average Bonchev–Trinajstić information content (AvgIpc) is 2.41. The van der Waals surface area contributed by atoms with Crippen LogP contribution in [0.25, 0.3) is 0 Å².